The quantitative estimate of drug-likeness (QED) is 0.837. The molecule has 124 valence electrons. The Morgan fingerprint density at radius 2 is 1.78 bits per heavy atom. The van der Waals surface area contributed by atoms with Gasteiger partial charge >= 0.3 is 6.03 Å². The van der Waals surface area contributed by atoms with Crippen LogP contribution in [0.2, 0.25) is 0 Å². The van der Waals surface area contributed by atoms with Gasteiger partial charge in [0.05, 0.1) is 19.4 Å². The molecule has 1 aromatic rings. The Hall–Kier alpha value is -2.22. The molecule has 0 radical (unpaired) electrons. The highest BCUT2D eigenvalue weighted by Crippen LogP contribution is 2.14. The maximum atomic E-state index is 12.4. The maximum absolute atomic E-state index is 12.4. The molecule has 1 N–H and O–H groups in total. The first-order chi connectivity index (χ1) is 11.2. The molecule has 23 heavy (non-hydrogen) atoms. The Labute approximate surface area is 134 Å². The number of urea groups is 1. The molecular weight excluding hydrogens is 298 g/mol. The number of nitrogens with zero attached hydrogens (tertiary/aromatic N) is 4. The molecule has 0 bridgehead atoms. The number of hydrogen-bond donors (Lipinski definition) is 1. The van der Waals surface area contributed by atoms with Crippen molar-refractivity contribution in [2.24, 2.45) is 0 Å². The molecule has 0 spiro atoms. The van der Waals surface area contributed by atoms with Gasteiger partial charge in [-0.1, -0.05) is 0 Å². The number of morpholine rings is 1. The molecule has 0 aromatic carbocycles. The summed E-state index contributed by atoms with van der Waals surface area (Å²) < 4.78 is 5.27. The maximum Gasteiger partial charge on any atom is 0.320 e. The van der Waals surface area contributed by atoms with Crippen LogP contribution in [0.15, 0.2) is 18.6 Å². The molecule has 2 aliphatic rings. The van der Waals surface area contributed by atoms with Crippen LogP contribution in [0.4, 0.5) is 4.79 Å². The van der Waals surface area contributed by atoms with Crippen LogP contribution in [0.5, 0.6) is 0 Å². The standard InChI is InChI=1S/C15H21N5O3/c21-14(13-11-16-3-4-17-13)18-12-1-5-19(6-2-12)15(22)20-7-9-23-10-8-20/h3-4,11-12H,1-2,5-10H2,(H,18,21). The number of carbonyl (C=O) groups excluding carboxylic acids is 2. The van der Waals surface area contributed by atoms with E-state index in [0.717, 1.165) is 12.8 Å². The third kappa shape index (κ3) is 3.95. The Kier molecular flexibility index (Phi) is 5.02. The second kappa shape index (κ2) is 7.36. The normalized spacial score (nSPS) is 19.5. The molecule has 1 aromatic heterocycles. The molecule has 2 fully saturated rings. The summed E-state index contributed by atoms with van der Waals surface area (Å²) >= 11 is 0. The summed E-state index contributed by atoms with van der Waals surface area (Å²) in [7, 11) is 0. The average Bonchev–Trinajstić information content (AvgIpc) is 2.63. The van der Waals surface area contributed by atoms with Crippen molar-refractivity contribution in [3.05, 3.63) is 24.3 Å². The summed E-state index contributed by atoms with van der Waals surface area (Å²) in [4.78, 5) is 36.0. The van der Waals surface area contributed by atoms with Gasteiger partial charge in [0.2, 0.25) is 0 Å². The summed E-state index contributed by atoms with van der Waals surface area (Å²) in [5.74, 6) is -0.212. The van der Waals surface area contributed by atoms with Gasteiger partial charge < -0.3 is 19.9 Å². The Morgan fingerprint density at radius 3 is 2.43 bits per heavy atom. The van der Waals surface area contributed by atoms with E-state index in [0.29, 0.717) is 45.1 Å². The fourth-order valence-electron chi connectivity index (χ4n) is 2.85. The predicted octanol–water partition coefficient (Wildman–Crippen LogP) is 0.123. The summed E-state index contributed by atoms with van der Waals surface area (Å²) in [5, 5.41) is 2.96. The van der Waals surface area contributed by atoms with E-state index in [2.05, 4.69) is 15.3 Å². The number of carbonyl (C=O) groups is 2. The number of piperidine rings is 1. The van der Waals surface area contributed by atoms with E-state index in [-0.39, 0.29) is 18.0 Å². The van der Waals surface area contributed by atoms with Gasteiger partial charge in [0.15, 0.2) is 0 Å². The van der Waals surface area contributed by atoms with Gasteiger partial charge in [0, 0.05) is 44.6 Å². The fourth-order valence-corrected chi connectivity index (χ4v) is 2.85. The lowest BCUT2D eigenvalue weighted by molar-refractivity contribution is 0.0407. The lowest BCUT2D eigenvalue weighted by atomic mass is 10.1. The number of nitrogens with one attached hydrogen (secondary N) is 1. The second-order valence-electron chi connectivity index (χ2n) is 5.71. The van der Waals surface area contributed by atoms with Gasteiger partial charge in [-0.2, -0.15) is 0 Å². The van der Waals surface area contributed by atoms with Crippen LogP contribution in [0, 0.1) is 0 Å². The molecule has 8 heteroatoms. The molecule has 0 saturated carbocycles. The number of likely N-dealkylation sites (tertiary alicyclic amines) is 1. The minimum absolute atomic E-state index is 0.0678. The largest absolute Gasteiger partial charge is 0.378 e. The van der Waals surface area contributed by atoms with Gasteiger partial charge in [-0.3, -0.25) is 9.78 Å². The molecule has 3 amide bonds. The van der Waals surface area contributed by atoms with Crippen LogP contribution in [-0.2, 0) is 4.74 Å². The molecule has 3 heterocycles. The van der Waals surface area contributed by atoms with Crippen molar-refractivity contribution in [1.82, 2.24) is 25.1 Å². The van der Waals surface area contributed by atoms with Crippen LogP contribution in [-0.4, -0.2) is 77.1 Å². The number of ether oxygens (including phenoxy) is 1. The molecule has 0 unspecified atom stereocenters. The summed E-state index contributed by atoms with van der Waals surface area (Å²) in [6.45, 7) is 3.83. The van der Waals surface area contributed by atoms with E-state index in [9.17, 15) is 9.59 Å². The van der Waals surface area contributed by atoms with Crippen LogP contribution >= 0.6 is 0 Å². The summed E-state index contributed by atoms with van der Waals surface area (Å²) in [6.07, 6.45) is 5.99. The van der Waals surface area contributed by atoms with Crippen molar-refractivity contribution < 1.29 is 14.3 Å². The zero-order chi connectivity index (χ0) is 16.1. The van der Waals surface area contributed by atoms with E-state index >= 15 is 0 Å². The zero-order valence-electron chi connectivity index (χ0n) is 13.0. The molecule has 2 saturated heterocycles. The van der Waals surface area contributed by atoms with Crippen LogP contribution in [0.3, 0.4) is 0 Å². The minimum atomic E-state index is -0.212. The summed E-state index contributed by atoms with van der Waals surface area (Å²) in [5.41, 5.74) is 0.319. The van der Waals surface area contributed by atoms with Crippen molar-refractivity contribution in [3.63, 3.8) is 0 Å². The topological polar surface area (TPSA) is 87.7 Å². The van der Waals surface area contributed by atoms with E-state index in [1.54, 1.807) is 0 Å². The van der Waals surface area contributed by atoms with Crippen LogP contribution in [0.25, 0.3) is 0 Å². The zero-order valence-corrected chi connectivity index (χ0v) is 13.0. The first-order valence-electron chi connectivity index (χ1n) is 7.92. The van der Waals surface area contributed by atoms with E-state index in [1.165, 1.54) is 18.6 Å². The lowest BCUT2D eigenvalue weighted by Crippen LogP contribution is -2.52. The molecule has 3 rings (SSSR count). The average molecular weight is 319 g/mol. The second-order valence-corrected chi connectivity index (χ2v) is 5.71. The number of aromatic nitrogens is 2. The molecule has 2 aliphatic heterocycles. The molecular formula is C15H21N5O3. The predicted molar refractivity (Wildman–Crippen MR) is 81.9 cm³/mol. The first-order valence-corrected chi connectivity index (χ1v) is 7.92. The Balaban J connectivity index is 1.46. The number of rotatable bonds is 2. The van der Waals surface area contributed by atoms with Crippen molar-refractivity contribution >= 4 is 11.9 Å². The number of hydrogen-bond acceptors (Lipinski definition) is 5. The third-order valence-electron chi connectivity index (χ3n) is 4.18. The van der Waals surface area contributed by atoms with E-state index < -0.39 is 0 Å². The van der Waals surface area contributed by atoms with Crippen molar-refractivity contribution in [2.45, 2.75) is 18.9 Å². The smallest absolute Gasteiger partial charge is 0.320 e. The highest BCUT2D eigenvalue weighted by molar-refractivity contribution is 5.92. The Bertz CT molecular complexity index is 539. The molecule has 8 nitrogen and oxygen atoms in total. The molecule has 0 aliphatic carbocycles. The summed E-state index contributed by atoms with van der Waals surface area (Å²) in [6, 6.07) is 0.144. The van der Waals surface area contributed by atoms with Crippen molar-refractivity contribution in [2.75, 3.05) is 39.4 Å². The van der Waals surface area contributed by atoms with Crippen LogP contribution < -0.4 is 5.32 Å². The highest BCUT2D eigenvalue weighted by Gasteiger charge is 2.28. The third-order valence-corrected chi connectivity index (χ3v) is 4.18. The Morgan fingerprint density at radius 1 is 1.09 bits per heavy atom. The van der Waals surface area contributed by atoms with Crippen LogP contribution in [0.1, 0.15) is 23.3 Å². The van der Waals surface area contributed by atoms with Gasteiger partial charge in [-0.05, 0) is 12.8 Å². The van der Waals surface area contributed by atoms with Gasteiger partial charge in [-0.15, -0.1) is 0 Å². The number of amides is 3. The van der Waals surface area contributed by atoms with Gasteiger partial charge in [0.25, 0.3) is 5.91 Å². The fraction of sp³-hybridized carbons (Fsp3) is 0.600. The minimum Gasteiger partial charge on any atom is -0.378 e. The first kappa shape index (κ1) is 15.7. The molecule has 0 atom stereocenters. The van der Waals surface area contributed by atoms with Crippen molar-refractivity contribution in [1.29, 1.82) is 0 Å². The SMILES string of the molecule is O=C(NC1CCN(C(=O)N2CCOCC2)CC1)c1cnccn1. The van der Waals surface area contributed by atoms with Gasteiger partial charge in [-0.25, -0.2) is 9.78 Å². The lowest BCUT2D eigenvalue weighted by Gasteiger charge is -2.37. The van der Waals surface area contributed by atoms with E-state index in [1.807, 2.05) is 9.80 Å². The highest BCUT2D eigenvalue weighted by atomic mass is 16.5. The van der Waals surface area contributed by atoms with Gasteiger partial charge in [0.1, 0.15) is 5.69 Å². The van der Waals surface area contributed by atoms with Crippen molar-refractivity contribution in [3.8, 4) is 0 Å². The monoisotopic (exact) mass is 319 g/mol. The van der Waals surface area contributed by atoms with E-state index in [4.69, 9.17) is 4.74 Å².